The average Bonchev–Trinajstić information content (AvgIpc) is 2.74. The molecular weight excluding hydrogens is 298 g/mol. The molecule has 0 spiro atoms. The normalized spacial score (nSPS) is 16.1. The summed E-state index contributed by atoms with van der Waals surface area (Å²) >= 11 is 0. The Morgan fingerprint density at radius 2 is 2.04 bits per heavy atom. The summed E-state index contributed by atoms with van der Waals surface area (Å²) in [5, 5.41) is 2.93. The van der Waals surface area contributed by atoms with Crippen LogP contribution in [0.4, 0.5) is 0 Å². The Morgan fingerprint density at radius 1 is 1.30 bits per heavy atom. The van der Waals surface area contributed by atoms with Crippen LogP contribution in [0.2, 0.25) is 0 Å². The second-order valence-corrected chi connectivity index (χ2v) is 5.02. The van der Waals surface area contributed by atoms with Crippen molar-refractivity contribution >= 4 is 34.8 Å². The zero-order valence-corrected chi connectivity index (χ0v) is 12.5. The molecule has 0 atom stereocenters. The number of carbonyl (C=O) groups excluding carboxylic acids is 2. The Labute approximate surface area is 130 Å². The van der Waals surface area contributed by atoms with Gasteiger partial charge in [-0.15, -0.1) is 0 Å². The number of nitrogens with zero attached hydrogens (tertiary/aromatic N) is 2. The van der Waals surface area contributed by atoms with E-state index in [1.807, 2.05) is 0 Å². The number of aliphatic imine (C=N–C) groups is 1. The summed E-state index contributed by atoms with van der Waals surface area (Å²) in [5.41, 5.74) is 0.435. The van der Waals surface area contributed by atoms with E-state index in [1.54, 1.807) is 31.3 Å². The fourth-order valence-corrected chi connectivity index (χ4v) is 2.24. The summed E-state index contributed by atoms with van der Waals surface area (Å²) < 4.78 is 5.62. The third-order valence-electron chi connectivity index (χ3n) is 3.33. The maximum atomic E-state index is 12.1. The van der Waals surface area contributed by atoms with E-state index < -0.39 is 5.91 Å². The van der Waals surface area contributed by atoms with E-state index in [9.17, 15) is 14.4 Å². The lowest BCUT2D eigenvalue weighted by molar-refractivity contribution is -0.117. The van der Waals surface area contributed by atoms with Crippen LogP contribution in [0.25, 0.3) is 17.0 Å². The third-order valence-corrected chi connectivity index (χ3v) is 3.33. The minimum Gasteiger partial charge on any atom is -0.456 e. The first-order valence-electron chi connectivity index (χ1n) is 6.84. The number of carbonyl (C=O) groups is 2. The Bertz CT molecular complexity index is 940. The van der Waals surface area contributed by atoms with Gasteiger partial charge >= 0.3 is 0 Å². The van der Waals surface area contributed by atoms with E-state index in [0.29, 0.717) is 11.0 Å². The number of guanidine groups is 1. The predicted molar refractivity (Wildman–Crippen MR) is 84.5 cm³/mol. The summed E-state index contributed by atoms with van der Waals surface area (Å²) in [7, 11) is 1.59. The van der Waals surface area contributed by atoms with Crippen LogP contribution in [0.5, 0.6) is 0 Å². The highest BCUT2D eigenvalue weighted by Gasteiger charge is 2.27. The van der Waals surface area contributed by atoms with Gasteiger partial charge in [-0.05, 0) is 12.1 Å². The largest absolute Gasteiger partial charge is 0.456 e. The lowest BCUT2D eigenvalue weighted by Crippen LogP contribution is -2.37. The summed E-state index contributed by atoms with van der Waals surface area (Å²) in [6, 6.07) is 8.17. The molecule has 7 heteroatoms. The minimum atomic E-state index is -0.521. The molecule has 0 bridgehead atoms. The highest BCUT2D eigenvalue weighted by Crippen LogP contribution is 2.18. The molecule has 1 aromatic carbocycles. The second-order valence-electron chi connectivity index (χ2n) is 5.02. The van der Waals surface area contributed by atoms with Crippen LogP contribution < -0.4 is 10.7 Å². The van der Waals surface area contributed by atoms with E-state index in [1.165, 1.54) is 24.0 Å². The van der Waals surface area contributed by atoms with Gasteiger partial charge in [-0.3, -0.25) is 19.7 Å². The maximum Gasteiger partial charge on any atom is 0.297 e. The lowest BCUT2D eigenvalue weighted by atomic mass is 10.2. The molecule has 0 saturated heterocycles. The van der Waals surface area contributed by atoms with Crippen LogP contribution in [0.1, 0.15) is 12.7 Å². The number of likely N-dealkylation sites (N-methyl/N-ethyl adjacent to an activating group) is 1. The molecule has 2 amide bonds. The number of rotatable bonds is 1. The van der Waals surface area contributed by atoms with Gasteiger partial charge in [0.25, 0.3) is 5.91 Å². The Balaban J connectivity index is 2.01. The van der Waals surface area contributed by atoms with Gasteiger partial charge in [0.15, 0.2) is 5.43 Å². The summed E-state index contributed by atoms with van der Waals surface area (Å²) in [5.74, 6) is -0.478. The smallest absolute Gasteiger partial charge is 0.297 e. The molecular formula is C16H13N3O4. The van der Waals surface area contributed by atoms with E-state index in [2.05, 4.69) is 10.3 Å². The fourth-order valence-electron chi connectivity index (χ4n) is 2.24. The fraction of sp³-hybridized carbons (Fsp3) is 0.125. The van der Waals surface area contributed by atoms with Gasteiger partial charge in [0.05, 0.1) is 5.39 Å². The van der Waals surface area contributed by atoms with Crippen LogP contribution in [-0.4, -0.2) is 29.7 Å². The van der Waals surface area contributed by atoms with Crippen molar-refractivity contribution in [3.63, 3.8) is 0 Å². The van der Waals surface area contributed by atoms with E-state index in [0.717, 1.165) is 0 Å². The number of amides is 2. The Morgan fingerprint density at radius 3 is 2.78 bits per heavy atom. The van der Waals surface area contributed by atoms with Crippen molar-refractivity contribution in [1.82, 2.24) is 10.2 Å². The van der Waals surface area contributed by atoms with Crippen LogP contribution in [0, 0.1) is 0 Å². The number of fused-ring (bicyclic) bond motifs is 1. The summed E-state index contributed by atoms with van der Waals surface area (Å²) in [4.78, 5) is 40.3. The van der Waals surface area contributed by atoms with E-state index in [4.69, 9.17) is 4.42 Å². The van der Waals surface area contributed by atoms with Crippen molar-refractivity contribution < 1.29 is 14.0 Å². The van der Waals surface area contributed by atoms with Crippen LogP contribution in [-0.2, 0) is 9.59 Å². The van der Waals surface area contributed by atoms with Crippen molar-refractivity contribution in [3.05, 3.63) is 52.0 Å². The van der Waals surface area contributed by atoms with Crippen molar-refractivity contribution in [2.24, 2.45) is 4.99 Å². The molecule has 3 rings (SSSR count). The molecule has 2 aromatic rings. The van der Waals surface area contributed by atoms with Crippen molar-refractivity contribution in [2.75, 3.05) is 7.05 Å². The van der Waals surface area contributed by atoms with Crippen molar-refractivity contribution in [1.29, 1.82) is 0 Å². The van der Waals surface area contributed by atoms with Gasteiger partial charge in [-0.25, -0.2) is 0 Å². The molecule has 1 aromatic heterocycles. The Kier molecular flexibility index (Phi) is 3.53. The van der Waals surface area contributed by atoms with Crippen LogP contribution >= 0.6 is 0 Å². The molecule has 0 fully saturated rings. The first-order chi connectivity index (χ1) is 11.0. The Hall–Kier alpha value is -3.22. The topological polar surface area (TPSA) is 92.0 Å². The lowest BCUT2D eigenvalue weighted by Gasteiger charge is -2.14. The van der Waals surface area contributed by atoms with Crippen LogP contribution in [0.3, 0.4) is 0 Å². The molecule has 116 valence electrons. The highest BCUT2D eigenvalue weighted by molar-refractivity contribution is 6.15. The van der Waals surface area contributed by atoms with Gasteiger partial charge in [0.2, 0.25) is 11.9 Å². The number of hydrogen-bond donors (Lipinski definition) is 1. The molecule has 7 nitrogen and oxygen atoms in total. The molecule has 2 heterocycles. The number of nitrogens with one attached hydrogen (secondary N) is 1. The molecule has 0 saturated carbocycles. The number of para-hydroxylation sites is 1. The van der Waals surface area contributed by atoms with Gasteiger partial charge in [0.1, 0.15) is 17.0 Å². The van der Waals surface area contributed by atoms with Gasteiger partial charge in [0, 0.05) is 26.1 Å². The summed E-state index contributed by atoms with van der Waals surface area (Å²) in [6.07, 6.45) is 1.43. The molecule has 0 aliphatic carbocycles. The zero-order valence-electron chi connectivity index (χ0n) is 12.5. The average molecular weight is 311 g/mol. The predicted octanol–water partition coefficient (Wildman–Crippen LogP) is 1.10. The SMILES string of the molecule is CC(=O)NC1=NC(=O)/C(=C/c2cc(=O)c3ccccc3o2)N1C. The summed E-state index contributed by atoms with van der Waals surface area (Å²) in [6.45, 7) is 1.32. The van der Waals surface area contributed by atoms with E-state index in [-0.39, 0.29) is 28.8 Å². The van der Waals surface area contributed by atoms with Gasteiger partial charge in [-0.1, -0.05) is 12.1 Å². The first kappa shape index (κ1) is 14.7. The second kappa shape index (κ2) is 5.53. The molecule has 23 heavy (non-hydrogen) atoms. The third kappa shape index (κ3) is 2.76. The highest BCUT2D eigenvalue weighted by atomic mass is 16.3. The molecule has 0 unspecified atom stereocenters. The van der Waals surface area contributed by atoms with Crippen LogP contribution in [0.15, 0.2) is 50.2 Å². The quantitative estimate of drug-likeness (QED) is 0.796. The number of benzene rings is 1. The molecule has 1 N–H and O–H groups in total. The number of hydrogen-bond acceptors (Lipinski definition) is 5. The van der Waals surface area contributed by atoms with Crippen molar-refractivity contribution in [3.8, 4) is 0 Å². The minimum absolute atomic E-state index is 0.136. The first-order valence-corrected chi connectivity index (χ1v) is 6.84. The standard InChI is InChI=1S/C16H13N3O4/c1-9(20)17-16-18-15(22)12(19(16)2)7-10-8-13(21)11-5-3-4-6-14(11)23-10/h3-8H,1-2H3,(H,17,18,20,22)/b12-7-. The van der Waals surface area contributed by atoms with E-state index >= 15 is 0 Å². The zero-order chi connectivity index (χ0) is 16.6. The van der Waals surface area contributed by atoms with Gasteiger partial charge in [-0.2, -0.15) is 4.99 Å². The van der Waals surface area contributed by atoms with Crippen molar-refractivity contribution in [2.45, 2.75) is 6.92 Å². The monoisotopic (exact) mass is 311 g/mol. The molecule has 1 aliphatic heterocycles. The van der Waals surface area contributed by atoms with Gasteiger partial charge < -0.3 is 9.32 Å². The molecule has 1 aliphatic rings. The maximum absolute atomic E-state index is 12.1. The molecule has 0 radical (unpaired) electrons.